The van der Waals surface area contributed by atoms with Gasteiger partial charge in [-0.25, -0.2) is 13.1 Å². The lowest BCUT2D eigenvalue weighted by Gasteiger charge is -2.37. The van der Waals surface area contributed by atoms with E-state index in [1.54, 1.807) is 21.7 Å². The van der Waals surface area contributed by atoms with E-state index in [-0.39, 0.29) is 23.5 Å². The van der Waals surface area contributed by atoms with Gasteiger partial charge in [-0.3, -0.25) is 4.79 Å². The second-order valence-electron chi connectivity index (χ2n) is 7.13. The summed E-state index contributed by atoms with van der Waals surface area (Å²) in [6, 6.07) is 7.02. The van der Waals surface area contributed by atoms with Gasteiger partial charge in [0.15, 0.2) is 9.84 Å². The van der Waals surface area contributed by atoms with Gasteiger partial charge in [-0.1, -0.05) is 29.8 Å². The molecule has 0 spiro atoms. The number of aromatic nitrogens is 2. The maximum absolute atomic E-state index is 13.0. The lowest BCUT2D eigenvalue weighted by Crippen LogP contribution is -2.43. The number of rotatable bonds is 4. The zero-order valence-electron chi connectivity index (χ0n) is 15.4. The van der Waals surface area contributed by atoms with Gasteiger partial charge < -0.3 is 10.2 Å². The summed E-state index contributed by atoms with van der Waals surface area (Å²) in [6.07, 6.45) is 1.64. The Morgan fingerprint density at radius 1 is 1.39 bits per heavy atom. The number of para-hydroxylation sites is 1. The normalized spacial score (nSPS) is 23.4. The molecule has 9 heteroatoms. The number of hydrogen-bond acceptors (Lipinski definition) is 5. The smallest absolute Gasteiger partial charge is 0.258 e. The minimum absolute atomic E-state index is 0.0313. The number of sulfone groups is 1. The Kier molecular flexibility index (Phi) is 4.71. The van der Waals surface area contributed by atoms with Gasteiger partial charge in [0.25, 0.3) is 5.91 Å². The summed E-state index contributed by atoms with van der Waals surface area (Å²) in [6.45, 7) is 5.92. The van der Waals surface area contributed by atoms with Crippen molar-refractivity contribution in [3.05, 3.63) is 58.9 Å². The topological polar surface area (TPSA) is 84.3 Å². The van der Waals surface area contributed by atoms with Gasteiger partial charge >= 0.3 is 0 Å². The highest BCUT2D eigenvalue weighted by Crippen LogP contribution is 2.39. The SMILES string of the molecule is C=CCN1C(=O)c2ccccc2NC1c1c(C)nn(C2CCS(=O)(=O)C2)c1Cl. The number of hydrogen-bond donors (Lipinski definition) is 1. The summed E-state index contributed by atoms with van der Waals surface area (Å²) in [5.41, 5.74) is 2.65. The van der Waals surface area contributed by atoms with Crippen molar-refractivity contribution in [2.75, 3.05) is 23.4 Å². The molecule has 1 aromatic carbocycles. The molecule has 1 N–H and O–H groups in total. The van der Waals surface area contributed by atoms with Crippen molar-refractivity contribution >= 4 is 33.0 Å². The van der Waals surface area contributed by atoms with Crippen molar-refractivity contribution in [1.82, 2.24) is 14.7 Å². The van der Waals surface area contributed by atoms with Crippen molar-refractivity contribution in [3.8, 4) is 0 Å². The fourth-order valence-electron chi connectivity index (χ4n) is 3.90. The molecule has 2 aliphatic heterocycles. The van der Waals surface area contributed by atoms with E-state index in [4.69, 9.17) is 11.6 Å². The number of fused-ring (bicyclic) bond motifs is 1. The van der Waals surface area contributed by atoms with E-state index in [0.717, 1.165) is 5.69 Å². The first-order chi connectivity index (χ1) is 13.3. The molecule has 0 bridgehead atoms. The average Bonchev–Trinajstić information content (AvgIpc) is 3.16. The van der Waals surface area contributed by atoms with Gasteiger partial charge in [-0.05, 0) is 25.5 Å². The molecule has 148 valence electrons. The van der Waals surface area contributed by atoms with Gasteiger partial charge in [-0.15, -0.1) is 6.58 Å². The van der Waals surface area contributed by atoms with Gasteiger partial charge in [0.05, 0.1) is 34.4 Å². The molecule has 4 rings (SSSR count). The summed E-state index contributed by atoms with van der Waals surface area (Å²) in [4.78, 5) is 14.7. The van der Waals surface area contributed by atoms with Crippen molar-refractivity contribution in [2.24, 2.45) is 0 Å². The summed E-state index contributed by atoms with van der Waals surface area (Å²) < 4.78 is 25.3. The Hall–Kier alpha value is -2.32. The molecule has 3 heterocycles. The summed E-state index contributed by atoms with van der Waals surface area (Å²) >= 11 is 6.68. The van der Waals surface area contributed by atoms with Crippen LogP contribution in [0.15, 0.2) is 36.9 Å². The Morgan fingerprint density at radius 2 is 2.14 bits per heavy atom. The van der Waals surface area contributed by atoms with Crippen LogP contribution < -0.4 is 5.32 Å². The standard InChI is InChI=1S/C19H21ClN4O3S/c1-3-9-23-18(21-15-7-5-4-6-14(15)19(23)25)16-12(2)22-24(17(16)20)13-8-10-28(26,27)11-13/h3-7,13,18,21H,1,8-11H2,2H3. The summed E-state index contributed by atoms with van der Waals surface area (Å²) in [7, 11) is -3.07. The second-order valence-corrected chi connectivity index (χ2v) is 9.72. The molecule has 2 aromatic rings. The Balaban J connectivity index is 1.77. The van der Waals surface area contributed by atoms with E-state index in [9.17, 15) is 13.2 Å². The Labute approximate surface area is 168 Å². The fraction of sp³-hybridized carbons (Fsp3) is 0.368. The fourth-order valence-corrected chi connectivity index (χ4v) is 6.01. The molecular weight excluding hydrogens is 400 g/mol. The van der Waals surface area contributed by atoms with E-state index in [2.05, 4.69) is 17.0 Å². The van der Waals surface area contributed by atoms with Crippen LogP contribution in [0.3, 0.4) is 0 Å². The summed E-state index contributed by atoms with van der Waals surface area (Å²) in [5, 5.41) is 8.27. The predicted octanol–water partition coefficient (Wildman–Crippen LogP) is 2.96. The van der Waals surface area contributed by atoms with Crippen LogP contribution in [-0.2, 0) is 9.84 Å². The van der Waals surface area contributed by atoms with Crippen molar-refractivity contribution < 1.29 is 13.2 Å². The molecule has 0 aliphatic carbocycles. The van der Waals surface area contributed by atoms with Crippen LogP contribution in [0, 0.1) is 6.92 Å². The zero-order valence-corrected chi connectivity index (χ0v) is 17.0. The van der Waals surface area contributed by atoms with Gasteiger partial charge in [-0.2, -0.15) is 5.10 Å². The first kappa shape index (κ1) is 19.0. The third kappa shape index (κ3) is 3.10. The number of aryl methyl sites for hydroxylation is 1. The van der Waals surface area contributed by atoms with Crippen LogP contribution in [0.4, 0.5) is 5.69 Å². The molecule has 0 radical (unpaired) electrons. The highest BCUT2D eigenvalue weighted by atomic mass is 35.5. The minimum atomic E-state index is -3.07. The molecule has 1 amide bonds. The number of nitrogens with one attached hydrogen (secondary N) is 1. The number of nitrogens with zero attached hydrogens (tertiary/aromatic N) is 3. The first-order valence-electron chi connectivity index (χ1n) is 9.04. The maximum atomic E-state index is 13.0. The van der Waals surface area contributed by atoms with E-state index in [0.29, 0.717) is 34.9 Å². The van der Waals surface area contributed by atoms with Crippen LogP contribution in [-0.4, -0.2) is 47.1 Å². The molecule has 2 aliphatic rings. The van der Waals surface area contributed by atoms with Gasteiger partial charge in [0.1, 0.15) is 11.3 Å². The predicted molar refractivity (Wildman–Crippen MR) is 108 cm³/mol. The highest BCUT2D eigenvalue weighted by molar-refractivity contribution is 7.91. The van der Waals surface area contributed by atoms with E-state index >= 15 is 0 Å². The minimum Gasteiger partial charge on any atom is -0.361 e. The number of halogens is 1. The van der Waals surface area contributed by atoms with Crippen LogP contribution in [0.5, 0.6) is 0 Å². The highest BCUT2D eigenvalue weighted by Gasteiger charge is 2.38. The molecule has 28 heavy (non-hydrogen) atoms. The van der Waals surface area contributed by atoms with Gasteiger partial charge in [0, 0.05) is 12.2 Å². The van der Waals surface area contributed by atoms with E-state index in [1.165, 1.54) is 0 Å². The van der Waals surface area contributed by atoms with Crippen molar-refractivity contribution in [2.45, 2.75) is 25.6 Å². The first-order valence-corrected chi connectivity index (χ1v) is 11.2. The van der Waals surface area contributed by atoms with E-state index in [1.807, 2.05) is 25.1 Å². The van der Waals surface area contributed by atoms with Crippen LogP contribution in [0.1, 0.15) is 40.2 Å². The average molecular weight is 421 g/mol. The van der Waals surface area contributed by atoms with Crippen molar-refractivity contribution in [1.29, 1.82) is 0 Å². The Morgan fingerprint density at radius 3 is 2.82 bits per heavy atom. The summed E-state index contributed by atoms with van der Waals surface area (Å²) in [5.74, 6) is 0.0490. The molecule has 7 nitrogen and oxygen atoms in total. The molecule has 0 saturated carbocycles. The largest absolute Gasteiger partial charge is 0.361 e. The van der Waals surface area contributed by atoms with Crippen molar-refractivity contribution in [3.63, 3.8) is 0 Å². The number of anilines is 1. The molecule has 1 saturated heterocycles. The van der Waals surface area contributed by atoms with Gasteiger partial charge in [0.2, 0.25) is 0 Å². The molecule has 2 atom stereocenters. The zero-order chi connectivity index (χ0) is 20.1. The lowest BCUT2D eigenvalue weighted by atomic mass is 10.0. The van der Waals surface area contributed by atoms with Crippen LogP contribution in [0.2, 0.25) is 5.15 Å². The molecule has 2 unspecified atom stereocenters. The number of carbonyl (C=O) groups is 1. The van der Waals surface area contributed by atoms with Crippen LogP contribution >= 0.6 is 11.6 Å². The second kappa shape index (κ2) is 6.93. The molecular formula is C19H21ClN4O3S. The number of amides is 1. The quantitative estimate of drug-likeness (QED) is 0.768. The Bertz CT molecular complexity index is 1060. The van der Waals surface area contributed by atoms with E-state index < -0.39 is 16.0 Å². The monoisotopic (exact) mass is 420 g/mol. The maximum Gasteiger partial charge on any atom is 0.258 e. The lowest BCUT2D eigenvalue weighted by molar-refractivity contribution is 0.0707. The third-order valence-electron chi connectivity index (χ3n) is 5.25. The molecule has 1 fully saturated rings. The molecule has 1 aromatic heterocycles. The number of carbonyl (C=O) groups excluding carboxylic acids is 1. The number of benzene rings is 1. The van der Waals surface area contributed by atoms with Crippen LogP contribution in [0.25, 0.3) is 0 Å². The third-order valence-corrected chi connectivity index (χ3v) is 7.37.